The van der Waals surface area contributed by atoms with Crippen LogP contribution in [0.2, 0.25) is 0 Å². The second-order valence-electron chi connectivity index (χ2n) is 8.36. The van der Waals surface area contributed by atoms with Gasteiger partial charge in [-0.2, -0.15) is 4.98 Å². The lowest BCUT2D eigenvalue weighted by atomic mass is 10.1. The first kappa shape index (κ1) is 21.1. The van der Waals surface area contributed by atoms with Gasteiger partial charge in [-0.1, -0.05) is 31.8 Å². The van der Waals surface area contributed by atoms with Gasteiger partial charge in [0, 0.05) is 38.6 Å². The van der Waals surface area contributed by atoms with Crippen LogP contribution in [0.3, 0.4) is 0 Å². The second kappa shape index (κ2) is 10.8. The van der Waals surface area contributed by atoms with Crippen LogP contribution in [0.15, 0.2) is 9.52 Å². The van der Waals surface area contributed by atoms with Crippen LogP contribution in [0, 0.1) is 5.92 Å². The zero-order chi connectivity index (χ0) is 19.8. The molecule has 3 rings (SSSR count). The molecule has 2 fully saturated rings. The van der Waals surface area contributed by atoms with E-state index in [4.69, 9.17) is 14.3 Å². The Morgan fingerprint density at radius 2 is 2.00 bits per heavy atom. The molecule has 28 heavy (non-hydrogen) atoms. The summed E-state index contributed by atoms with van der Waals surface area (Å²) in [5.74, 6) is 3.52. The van der Waals surface area contributed by atoms with E-state index in [2.05, 4.69) is 41.1 Å². The molecule has 7 heteroatoms. The quantitative estimate of drug-likeness (QED) is 0.541. The zero-order valence-electron chi connectivity index (χ0n) is 17.8. The molecule has 1 aromatic heterocycles. The van der Waals surface area contributed by atoms with E-state index in [0.717, 1.165) is 56.8 Å². The van der Waals surface area contributed by atoms with Crippen molar-refractivity contribution in [3.63, 3.8) is 0 Å². The molecule has 1 aliphatic heterocycles. The number of likely N-dealkylation sites (tertiary alicyclic amines) is 1. The van der Waals surface area contributed by atoms with E-state index in [1.807, 2.05) is 0 Å². The lowest BCUT2D eigenvalue weighted by Gasteiger charge is -2.34. The predicted molar refractivity (Wildman–Crippen MR) is 111 cm³/mol. The number of rotatable bonds is 8. The van der Waals surface area contributed by atoms with Crippen LogP contribution < -0.4 is 5.32 Å². The molecule has 7 nitrogen and oxygen atoms in total. The first-order valence-corrected chi connectivity index (χ1v) is 11.1. The summed E-state index contributed by atoms with van der Waals surface area (Å²) in [6.45, 7) is 10.7. The molecular formula is C21H37N5O2. The SMILES string of the molecule is CCNC(=NCCc1nc(C(C)C)no1)N1CCC(OCC2CCCC2)CC1. The fourth-order valence-electron chi connectivity index (χ4n) is 3.97. The van der Waals surface area contributed by atoms with Crippen molar-refractivity contribution in [2.45, 2.75) is 77.7 Å². The minimum atomic E-state index is 0.288. The molecule has 0 spiro atoms. The lowest BCUT2D eigenvalue weighted by molar-refractivity contribution is 0.00102. The van der Waals surface area contributed by atoms with Gasteiger partial charge in [-0.05, 0) is 38.5 Å². The number of nitrogens with zero attached hydrogens (tertiary/aromatic N) is 4. The Hall–Kier alpha value is -1.63. The average Bonchev–Trinajstić information content (AvgIpc) is 3.38. The standard InChI is InChI=1S/C21H37N5O2/c1-4-22-21(23-12-9-19-24-20(16(2)3)25-28-19)26-13-10-18(11-14-26)27-15-17-7-5-6-8-17/h16-18H,4-15H2,1-3H3,(H,22,23). The fourth-order valence-corrected chi connectivity index (χ4v) is 3.97. The van der Waals surface area contributed by atoms with Gasteiger partial charge in [-0.25, -0.2) is 0 Å². The van der Waals surface area contributed by atoms with E-state index in [0.29, 0.717) is 25.0 Å². The van der Waals surface area contributed by atoms with E-state index in [1.165, 1.54) is 25.7 Å². The Labute approximate surface area is 169 Å². The Balaban J connectivity index is 1.43. The maximum atomic E-state index is 6.20. The first-order valence-electron chi connectivity index (χ1n) is 11.1. The highest BCUT2D eigenvalue weighted by molar-refractivity contribution is 5.80. The highest BCUT2D eigenvalue weighted by Gasteiger charge is 2.24. The Morgan fingerprint density at radius 3 is 2.64 bits per heavy atom. The number of aliphatic imine (C=N–C) groups is 1. The molecular weight excluding hydrogens is 354 g/mol. The maximum absolute atomic E-state index is 6.20. The van der Waals surface area contributed by atoms with E-state index in [1.54, 1.807) is 0 Å². The van der Waals surface area contributed by atoms with Crippen LogP contribution in [0.4, 0.5) is 0 Å². The third-order valence-electron chi connectivity index (χ3n) is 5.71. The Bertz CT molecular complexity index is 602. The van der Waals surface area contributed by atoms with Crippen molar-refractivity contribution in [2.75, 3.05) is 32.8 Å². The average molecular weight is 392 g/mol. The maximum Gasteiger partial charge on any atom is 0.228 e. The number of piperidine rings is 1. The third kappa shape index (κ3) is 6.19. The van der Waals surface area contributed by atoms with Crippen molar-refractivity contribution >= 4 is 5.96 Å². The topological polar surface area (TPSA) is 75.8 Å². The van der Waals surface area contributed by atoms with Crippen molar-refractivity contribution < 1.29 is 9.26 Å². The molecule has 0 aromatic carbocycles. The van der Waals surface area contributed by atoms with Crippen LogP contribution in [0.1, 0.15) is 76.9 Å². The molecule has 2 heterocycles. The molecule has 0 amide bonds. The molecule has 1 aliphatic carbocycles. The summed E-state index contributed by atoms with van der Waals surface area (Å²) in [7, 11) is 0. The molecule has 158 valence electrons. The summed E-state index contributed by atoms with van der Waals surface area (Å²) < 4.78 is 11.5. The Morgan fingerprint density at radius 1 is 1.25 bits per heavy atom. The van der Waals surface area contributed by atoms with Crippen LogP contribution in [-0.2, 0) is 11.2 Å². The van der Waals surface area contributed by atoms with Crippen LogP contribution in [0.25, 0.3) is 0 Å². The highest BCUT2D eigenvalue weighted by Crippen LogP contribution is 2.26. The predicted octanol–water partition coefficient (Wildman–Crippen LogP) is 3.37. The second-order valence-corrected chi connectivity index (χ2v) is 8.36. The summed E-state index contributed by atoms with van der Waals surface area (Å²) in [5.41, 5.74) is 0. The van der Waals surface area contributed by atoms with Crippen molar-refractivity contribution in [2.24, 2.45) is 10.9 Å². The van der Waals surface area contributed by atoms with Crippen molar-refractivity contribution in [1.82, 2.24) is 20.4 Å². The van der Waals surface area contributed by atoms with Gasteiger partial charge >= 0.3 is 0 Å². The smallest absolute Gasteiger partial charge is 0.228 e. The van der Waals surface area contributed by atoms with Crippen molar-refractivity contribution in [3.8, 4) is 0 Å². The normalized spacial score (nSPS) is 19.7. The molecule has 0 unspecified atom stereocenters. The molecule has 0 bridgehead atoms. The van der Waals surface area contributed by atoms with Gasteiger partial charge < -0.3 is 19.5 Å². The van der Waals surface area contributed by atoms with E-state index in [9.17, 15) is 0 Å². The summed E-state index contributed by atoms with van der Waals surface area (Å²) in [6, 6.07) is 0. The largest absolute Gasteiger partial charge is 0.378 e. The summed E-state index contributed by atoms with van der Waals surface area (Å²) in [5, 5.41) is 7.44. The summed E-state index contributed by atoms with van der Waals surface area (Å²) >= 11 is 0. The molecule has 1 saturated carbocycles. The minimum Gasteiger partial charge on any atom is -0.378 e. The minimum absolute atomic E-state index is 0.288. The van der Waals surface area contributed by atoms with Gasteiger partial charge in [0.05, 0.1) is 12.6 Å². The van der Waals surface area contributed by atoms with E-state index >= 15 is 0 Å². The molecule has 0 radical (unpaired) electrons. The Kier molecular flexibility index (Phi) is 8.13. The highest BCUT2D eigenvalue weighted by atomic mass is 16.5. The number of ether oxygens (including phenoxy) is 1. The van der Waals surface area contributed by atoms with Crippen LogP contribution >= 0.6 is 0 Å². The monoisotopic (exact) mass is 391 g/mol. The van der Waals surface area contributed by atoms with Crippen molar-refractivity contribution in [3.05, 3.63) is 11.7 Å². The van der Waals surface area contributed by atoms with E-state index < -0.39 is 0 Å². The number of hydrogen-bond donors (Lipinski definition) is 1. The molecule has 1 aromatic rings. The van der Waals surface area contributed by atoms with Gasteiger partial charge in [-0.15, -0.1) is 0 Å². The summed E-state index contributed by atoms with van der Waals surface area (Å²) in [6.07, 6.45) is 8.73. The fraction of sp³-hybridized carbons (Fsp3) is 0.857. The number of nitrogens with one attached hydrogen (secondary N) is 1. The van der Waals surface area contributed by atoms with Gasteiger partial charge in [0.15, 0.2) is 11.8 Å². The third-order valence-corrected chi connectivity index (χ3v) is 5.71. The molecule has 2 aliphatic rings. The molecule has 1 N–H and O–H groups in total. The number of hydrogen-bond acceptors (Lipinski definition) is 5. The van der Waals surface area contributed by atoms with Crippen LogP contribution in [0.5, 0.6) is 0 Å². The number of guanidine groups is 1. The van der Waals surface area contributed by atoms with Gasteiger partial charge in [0.1, 0.15) is 0 Å². The lowest BCUT2D eigenvalue weighted by Crippen LogP contribution is -2.47. The summed E-state index contributed by atoms with van der Waals surface area (Å²) in [4.78, 5) is 11.6. The van der Waals surface area contributed by atoms with Gasteiger partial charge in [0.25, 0.3) is 0 Å². The molecule has 1 saturated heterocycles. The zero-order valence-corrected chi connectivity index (χ0v) is 17.8. The van der Waals surface area contributed by atoms with Crippen LogP contribution in [-0.4, -0.2) is 59.9 Å². The number of aromatic nitrogens is 2. The van der Waals surface area contributed by atoms with Crippen molar-refractivity contribution in [1.29, 1.82) is 0 Å². The van der Waals surface area contributed by atoms with Gasteiger partial charge in [-0.3, -0.25) is 4.99 Å². The first-order chi connectivity index (χ1) is 13.7. The molecule has 0 atom stereocenters. The van der Waals surface area contributed by atoms with E-state index in [-0.39, 0.29) is 5.92 Å². The van der Waals surface area contributed by atoms with Gasteiger partial charge in [0.2, 0.25) is 5.89 Å².